The van der Waals surface area contributed by atoms with Gasteiger partial charge in [-0.25, -0.2) is 0 Å². The topological polar surface area (TPSA) is 46.5 Å². The van der Waals surface area contributed by atoms with E-state index in [0.717, 1.165) is 11.1 Å². The molecule has 0 saturated heterocycles. The molecule has 4 heteroatoms. The standard InChI is InChI=1S/C31H32O3Si/c1-31(2,3)35(28-10-6-4-7-11-28,29-12-8-5-9-13-29)34-23-25-16-20-27(21-17-25)30(33)26-18-14-24(22-32)15-19-26/h4-21,32H,22-23H2,1-3H3. The Balaban J connectivity index is 1.61. The second-order valence-electron chi connectivity index (χ2n) is 9.83. The van der Waals surface area contributed by atoms with Crippen LogP contribution in [-0.4, -0.2) is 19.2 Å². The van der Waals surface area contributed by atoms with Crippen molar-refractivity contribution in [2.75, 3.05) is 0 Å². The third kappa shape index (κ3) is 5.20. The molecule has 0 aliphatic rings. The zero-order valence-corrected chi connectivity index (χ0v) is 21.6. The number of hydrogen-bond donors (Lipinski definition) is 1. The molecule has 3 nitrogen and oxygen atoms in total. The second kappa shape index (κ2) is 10.5. The van der Waals surface area contributed by atoms with Gasteiger partial charge < -0.3 is 9.53 Å². The Bertz CT molecular complexity index is 1200. The number of rotatable bonds is 8. The van der Waals surface area contributed by atoms with Crippen LogP contribution in [-0.2, 0) is 17.6 Å². The third-order valence-electron chi connectivity index (χ3n) is 6.49. The Kier molecular flexibility index (Phi) is 7.46. The van der Waals surface area contributed by atoms with E-state index in [4.69, 9.17) is 4.43 Å². The summed E-state index contributed by atoms with van der Waals surface area (Å²) in [5, 5.41) is 11.6. The summed E-state index contributed by atoms with van der Waals surface area (Å²) in [4.78, 5) is 12.9. The van der Waals surface area contributed by atoms with E-state index in [9.17, 15) is 9.90 Å². The molecule has 4 aromatic carbocycles. The summed E-state index contributed by atoms with van der Waals surface area (Å²) in [7, 11) is -2.62. The van der Waals surface area contributed by atoms with Crippen molar-refractivity contribution in [3.63, 3.8) is 0 Å². The van der Waals surface area contributed by atoms with Crippen LogP contribution in [0.5, 0.6) is 0 Å². The average Bonchev–Trinajstić information content (AvgIpc) is 2.89. The molecular formula is C31H32O3Si. The number of carbonyl (C=O) groups is 1. The molecule has 0 heterocycles. The van der Waals surface area contributed by atoms with Crippen molar-refractivity contribution in [3.05, 3.63) is 131 Å². The molecule has 0 aromatic heterocycles. The molecule has 0 atom stereocenters. The van der Waals surface area contributed by atoms with Crippen molar-refractivity contribution in [2.24, 2.45) is 0 Å². The first kappa shape index (κ1) is 24.8. The van der Waals surface area contributed by atoms with E-state index < -0.39 is 8.32 Å². The van der Waals surface area contributed by atoms with Gasteiger partial charge in [0.2, 0.25) is 0 Å². The maximum atomic E-state index is 12.9. The number of ketones is 1. The van der Waals surface area contributed by atoms with E-state index in [2.05, 4.69) is 69.3 Å². The lowest BCUT2D eigenvalue weighted by atomic mass is 10.0. The molecule has 4 aromatic rings. The first-order valence-corrected chi connectivity index (χ1v) is 13.8. The molecule has 0 radical (unpaired) electrons. The van der Waals surface area contributed by atoms with Gasteiger partial charge in [0.05, 0.1) is 13.2 Å². The maximum absolute atomic E-state index is 12.9. The van der Waals surface area contributed by atoms with E-state index in [1.54, 1.807) is 24.3 Å². The van der Waals surface area contributed by atoms with Crippen LogP contribution in [0.25, 0.3) is 0 Å². The van der Waals surface area contributed by atoms with Crippen molar-refractivity contribution in [1.29, 1.82) is 0 Å². The van der Waals surface area contributed by atoms with Gasteiger partial charge in [-0.05, 0) is 26.5 Å². The Labute approximate surface area is 209 Å². The smallest absolute Gasteiger partial charge is 0.261 e. The minimum atomic E-state index is -2.62. The van der Waals surface area contributed by atoms with Crippen molar-refractivity contribution in [1.82, 2.24) is 0 Å². The molecular weight excluding hydrogens is 448 g/mol. The molecule has 1 N–H and O–H groups in total. The van der Waals surface area contributed by atoms with E-state index in [1.165, 1.54) is 10.4 Å². The Hall–Kier alpha value is -3.31. The van der Waals surface area contributed by atoms with Crippen LogP contribution in [0.15, 0.2) is 109 Å². The van der Waals surface area contributed by atoms with Crippen LogP contribution in [0.2, 0.25) is 5.04 Å². The van der Waals surface area contributed by atoms with Gasteiger partial charge in [0.1, 0.15) is 0 Å². The molecule has 178 valence electrons. The van der Waals surface area contributed by atoms with Gasteiger partial charge in [-0.2, -0.15) is 0 Å². The predicted octanol–water partition coefficient (Wildman–Crippen LogP) is 5.49. The van der Waals surface area contributed by atoms with Crippen LogP contribution in [0.1, 0.15) is 47.8 Å². The number of aliphatic hydroxyl groups excluding tert-OH is 1. The van der Waals surface area contributed by atoms with Crippen LogP contribution < -0.4 is 10.4 Å². The number of aliphatic hydroxyl groups is 1. The summed E-state index contributed by atoms with van der Waals surface area (Å²) in [5.74, 6) is -0.0334. The van der Waals surface area contributed by atoms with Crippen LogP contribution in [0.4, 0.5) is 0 Å². The minimum absolute atomic E-state index is 0.0332. The van der Waals surface area contributed by atoms with Gasteiger partial charge in [0.25, 0.3) is 8.32 Å². The van der Waals surface area contributed by atoms with E-state index in [1.807, 2.05) is 36.4 Å². The van der Waals surface area contributed by atoms with Crippen molar-refractivity contribution < 1.29 is 14.3 Å². The highest BCUT2D eigenvalue weighted by Crippen LogP contribution is 2.37. The summed E-state index contributed by atoms with van der Waals surface area (Å²) < 4.78 is 6.99. The first-order chi connectivity index (χ1) is 16.8. The molecule has 0 unspecified atom stereocenters. The zero-order valence-electron chi connectivity index (χ0n) is 20.6. The fraction of sp³-hybridized carbons (Fsp3) is 0.194. The summed E-state index contributed by atoms with van der Waals surface area (Å²) in [6.07, 6.45) is 0. The summed E-state index contributed by atoms with van der Waals surface area (Å²) >= 11 is 0. The molecule has 0 fully saturated rings. The SMILES string of the molecule is CC(C)(C)[Si](OCc1ccc(C(=O)c2ccc(CO)cc2)cc1)(c1ccccc1)c1ccccc1. The van der Waals surface area contributed by atoms with Crippen molar-refractivity contribution in [2.45, 2.75) is 39.0 Å². The van der Waals surface area contributed by atoms with Gasteiger partial charge >= 0.3 is 0 Å². The Morgan fingerprint density at radius 3 is 1.51 bits per heavy atom. The summed E-state index contributed by atoms with van der Waals surface area (Å²) in [6, 6.07) is 36.0. The van der Waals surface area contributed by atoms with Gasteiger partial charge in [-0.1, -0.05) is 130 Å². The summed E-state index contributed by atoms with van der Waals surface area (Å²) in [5.41, 5.74) is 3.07. The zero-order chi connectivity index (χ0) is 24.9. The molecule has 0 bridgehead atoms. The lowest BCUT2D eigenvalue weighted by Gasteiger charge is -2.43. The van der Waals surface area contributed by atoms with Crippen LogP contribution in [0.3, 0.4) is 0 Å². The fourth-order valence-electron chi connectivity index (χ4n) is 4.63. The first-order valence-electron chi connectivity index (χ1n) is 11.9. The maximum Gasteiger partial charge on any atom is 0.261 e. The van der Waals surface area contributed by atoms with Gasteiger partial charge in [0, 0.05) is 11.1 Å². The van der Waals surface area contributed by atoms with Gasteiger partial charge in [-0.3, -0.25) is 4.79 Å². The Morgan fingerprint density at radius 1 is 0.686 bits per heavy atom. The van der Waals surface area contributed by atoms with Crippen LogP contribution >= 0.6 is 0 Å². The van der Waals surface area contributed by atoms with Crippen molar-refractivity contribution in [3.8, 4) is 0 Å². The Morgan fingerprint density at radius 2 is 1.11 bits per heavy atom. The van der Waals surface area contributed by atoms with Crippen LogP contribution in [0, 0.1) is 0 Å². The minimum Gasteiger partial charge on any atom is -0.403 e. The molecule has 0 aliphatic heterocycles. The molecule has 4 rings (SSSR count). The van der Waals surface area contributed by atoms with E-state index in [0.29, 0.717) is 17.7 Å². The van der Waals surface area contributed by atoms with Gasteiger partial charge in [-0.15, -0.1) is 0 Å². The monoisotopic (exact) mass is 480 g/mol. The predicted molar refractivity (Wildman–Crippen MR) is 145 cm³/mol. The third-order valence-corrected chi connectivity index (χ3v) is 11.5. The number of carbonyl (C=O) groups excluding carboxylic acids is 1. The second-order valence-corrected chi connectivity index (χ2v) is 14.1. The highest BCUT2D eigenvalue weighted by molar-refractivity contribution is 6.99. The molecule has 0 amide bonds. The largest absolute Gasteiger partial charge is 0.403 e. The lowest BCUT2D eigenvalue weighted by molar-refractivity contribution is 0.103. The fourth-order valence-corrected chi connectivity index (χ4v) is 9.17. The van der Waals surface area contributed by atoms with E-state index >= 15 is 0 Å². The molecule has 0 saturated carbocycles. The molecule has 35 heavy (non-hydrogen) atoms. The summed E-state index contributed by atoms with van der Waals surface area (Å²) in [6.45, 7) is 7.23. The number of hydrogen-bond acceptors (Lipinski definition) is 3. The molecule has 0 spiro atoms. The lowest BCUT2D eigenvalue weighted by Crippen LogP contribution is -2.66. The van der Waals surface area contributed by atoms with Gasteiger partial charge in [0.15, 0.2) is 5.78 Å². The highest BCUT2D eigenvalue weighted by atomic mass is 28.4. The highest BCUT2D eigenvalue weighted by Gasteiger charge is 2.50. The molecule has 0 aliphatic carbocycles. The normalized spacial score (nSPS) is 11.9. The quantitative estimate of drug-likeness (QED) is 0.268. The van der Waals surface area contributed by atoms with Crippen molar-refractivity contribution >= 4 is 24.5 Å². The average molecular weight is 481 g/mol. The van der Waals surface area contributed by atoms with E-state index in [-0.39, 0.29) is 17.4 Å². The number of benzene rings is 4.